The van der Waals surface area contributed by atoms with Crippen LogP contribution in [0, 0.1) is 13.8 Å². The first-order valence-electron chi connectivity index (χ1n) is 8.18. The Morgan fingerprint density at radius 2 is 1.52 bits per heavy atom. The Bertz CT molecular complexity index is 450. The van der Waals surface area contributed by atoms with Crippen molar-refractivity contribution in [2.24, 2.45) is 0 Å². The van der Waals surface area contributed by atoms with Crippen LogP contribution in [0.5, 0.6) is 0 Å². The molecule has 0 aromatic heterocycles. The zero-order chi connectivity index (χ0) is 16.0. The van der Waals surface area contributed by atoms with E-state index < -0.39 is 0 Å². The molecule has 0 aliphatic heterocycles. The van der Waals surface area contributed by atoms with Gasteiger partial charge in [0.25, 0.3) is 5.91 Å². The fourth-order valence-electron chi connectivity index (χ4n) is 3.37. The number of carbonyl (C=O) groups excluding carboxylic acids is 1. The van der Waals surface area contributed by atoms with E-state index in [9.17, 15) is 4.79 Å². The topological polar surface area (TPSA) is 29.1 Å². The van der Waals surface area contributed by atoms with Crippen molar-refractivity contribution >= 4 is 11.6 Å². The highest BCUT2D eigenvalue weighted by atomic mass is 16.2. The van der Waals surface area contributed by atoms with Crippen LogP contribution in [0.2, 0.25) is 0 Å². The number of rotatable bonds is 7. The predicted octanol–water partition coefficient (Wildman–Crippen LogP) is 3.90. The van der Waals surface area contributed by atoms with Gasteiger partial charge in [-0.3, -0.25) is 4.79 Å². The van der Waals surface area contributed by atoms with E-state index in [1.807, 2.05) is 32.0 Å². The Labute approximate surface area is 129 Å². The standard InChI is InChI=1S/C18H30N2O/c1-7-16(20(8-2,9-3)10-4)18(21)19-17-14(5)12-11-13-15(17)6/h11-13,16H,7-10H2,1-6H3/p+1. The van der Waals surface area contributed by atoms with Crippen LogP contribution in [0.25, 0.3) is 0 Å². The summed E-state index contributed by atoms with van der Waals surface area (Å²) in [5, 5.41) is 3.18. The summed E-state index contributed by atoms with van der Waals surface area (Å²) in [4.78, 5) is 12.8. The van der Waals surface area contributed by atoms with E-state index in [0.29, 0.717) is 0 Å². The van der Waals surface area contributed by atoms with E-state index >= 15 is 0 Å². The van der Waals surface area contributed by atoms with Gasteiger partial charge in [-0.1, -0.05) is 25.1 Å². The number of para-hydroxylation sites is 1. The minimum Gasteiger partial charge on any atom is -0.320 e. The lowest BCUT2D eigenvalue weighted by atomic mass is 10.1. The van der Waals surface area contributed by atoms with Gasteiger partial charge in [0.05, 0.1) is 19.6 Å². The number of hydrogen-bond donors (Lipinski definition) is 1. The minimum absolute atomic E-state index is 0.0176. The van der Waals surface area contributed by atoms with Gasteiger partial charge >= 0.3 is 0 Å². The number of anilines is 1. The van der Waals surface area contributed by atoms with Gasteiger partial charge in [-0.2, -0.15) is 0 Å². The SMILES string of the molecule is CCC(C(=O)Nc1c(C)cccc1C)[N+](CC)(CC)CC. The van der Waals surface area contributed by atoms with Crippen LogP contribution in [-0.4, -0.2) is 36.1 Å². The summed E-state index contributed by atoms with van der Waals surface area (Å²) in [6, 6.07) is 6.14. The first-order chi connectivity index (χ1) is 9.95. The van der Waals surface area contributed by atoms with E-state index in [1.165, 1.54) is 0 Å². The third-order valence-electron chi connectivity index (χ3n) is 4.97. The Balaban J connectivity index is 3.05. The summed E-state index contributed by atoms with van der Waals surface area (Å²) in [5.41, 5.74) is 3.23. The van der Waals surface area contributed by atoms with Gasteiger partial charge in [-0.05, 0) is 45.7 Å². The fraction of sp³-hybridized carbons (Fsp3) is 0.611. The van der Waals surface area contributed by atoms with Crippen LogP contribution in [0.15, 0.2) is 18.2 Å². The zero-order valence-electron chi connectivity index (χ0n) is 14.5. The van der Waals surface area contributed by atoms with E-state index in [-0.39, 0.29) is 11.9 Å². The second-order valence-corrected chi connectivity index (χ2v) is 5.85. The molecule has 1 aromatic carbocycles. The highest BCUT2D eigenvalue weighted by Crippen LogP contribution is 2.23. The Kier molecular flexibility index (Phi) is 6.41. The molecule has 21 heavy (non-hydrogen) atoms. The number of quaternary nitrogens is 1. The average molecular weight is 291 g/mol. The molecule has 0 saturated carbocycles. The van der Waals surface area contributed by atoms with Crippen molar-refractivity contribution in [2.45, 2.75) is 54.0 Å². The van der Waals surface area contributed by atoms with E-state index in [1.54, 1.807) is 0 Å². The van der Waals surface area contributed by atoms with Crippen LogP contribution in [-0.2, 0) is 4.79 Å². The highest BCUT2D eigenvalue weighted by Gasteiger charge is 2.36. The Hall–Kier alpha value is -1.35. The number of likely N-dealkylation sites (N-methyl/N-ethyl adjacent to an activating group) is 1. The van der Waals surface area contributed by atoms with Crippen molar-refractivity contribution in [3.8, 4) is 0 Å². The van der Waals surface area contributed by atoms with Gasteiger partial charge in [-0.15, -0.1) is 0 Å². The van der Waals surface area contributed by atoms with Gasteiger partial charge in [0.2, 0.25) is 0 Å². The third-order valence-corrected chi connectivity index (χ3v) is 4.97. The second-order valence-electron chi connectivity index (χ2n) is 5.85. The van der Waals surface area contributed by atoms with Crippen molar-refractivity contribution in [3.05, 3.63) is 29.3 Å². The molecule has 1 aromatic rings. The quantitative estimate of drug-likeness (QED) is 0.759. The molecule has 0 radical (unpaired) electrons. The molecule has 118 valence electrons. The van der Waals surface area contributed by atoms with Gasteiger partial charge in [0.1, 0.15) is 0 Å². The maximum atomic E-state index is 12.8. The van der Waals surface area contributed by atoms with Crippen LogP contribution < -0.4 is 5.32 Å². The van der Waals surface area contributed by atoms with Crippen LogP contribution in [0.1, 0.15) is 45.2 Å². The lowest BCUT2D eigenvalue weighted by Gasteiger charge is -2.41. The van der Waals surface area contributed by atoms with Crippen molar-refractivity contribution < 1.29 is 9.28 Å². The first kappa shape index (κ1) is 17.7. The molecule has 0 spiro atoms. The monoisotopic (exact) mass is 291 g/mol. The molecular formula is C18H31N2O+. The molecule has 0 aliphatic carbocycles. The fourth-order valence-corrected chi connectivity index (χ4v) is 3.37. The third kappa shape index (κ3) is 3.65. The van der Waals surface area contributed by atoms with E-state index in [0.717, 1.165) is 47.4 Å². The minimum atomic E-state index is 0.0176. The largest absolute Gasteiger partial charge is 0.320 e. The van der Waals surface area contributed by atoms with Crippen LogP contribution in [0.4, 0.5) is 5.69 Å². The van der Waals surface area contributed by atoms with Gasteiger partial charge in [0, 0.05) is 12.1 Å². The highest BCUT2D eigenvalue weighted by molar-refractivity contribution is 5.95. The van der Waals surface area contributed by atoms with Crippen molar-refractivity contribution in [1.82, 2.24) is 0 Å². The van der Waals surface area contributed by atoms with Crippen molar-refractivity contribution in [1.29, 1.82) is 0 Å². The molecule has 3 heteroatoms. The number of nitrogens with zero attached hydrogens (tertiary/aromatic N) is 1. The Morgan fingerprint density at radius 1 is 1.05 bits per heavy atom. The molecule has 1 atom stereocenters. The lowest BCUT2D eigenvalue weighted by Crippen LogP contribution is -2.59. The smallest absolute Gasteiger partial charge is 0.282 e. The van der Waals surface area contributed by atoms with Crippen LogP contribution >= 0.6 is 0 Å². The molecule has 1 N–H and O–H groups in total. The molecule has 3 nitrogen and oxygen atoms in total. The molecule has 1 rings (SSSR count). The summed E-state index contributed by atoms with van der Waals surface area (Å²) >= 11 is 0. The summed E-state index contributed by atoms with van der Waals surface area (Å²) in [5.74, 6) is 0.153. The average Bonchev–Trinajstić information content (AvgIpc) is 2.48. The molecule has 1 unspecified atom stereocenters. The molecular weight excluding hydrogens is 260 g/mol. The number of amides is 1. The molecule has 0 bridgehead atoms. The second kappa shape index (κ2) is 7.60. The lowest BCUT2D eigenvalue weighted by molar-refractivity contribution is -0.938. The normalized spacial score (nSPS) is 13.0. The maximum Gasteiger partial charge on any atom is 0.282 e. The molecule has 0 fully saturated rings. The number of hydrogen-bond acceptors (Lipinski definition) is 1. The zero-order valence-corrected chi connectivity index (χ0v) is 14.5. The summed E-state index contributed by atoms with van der Waals surface area (Å²) in [6.45, 7) is 15.7. The summed E-state index contributed by atoms with van der Waals surface area (Å²) < 4.78 is 0.854. The number of nitrogens with one attached hydrogen (secondary N) is 1. The van der Waals surface area contributed by atoms with Crippen molar-refractivity contribution in [2.75, 3.05) is 25.0 Å². The van der Waals surface area contributed by atoms with E-state index in [2.05, 4.69) is 33.0 Å². The number of benzene rings is 1. The predicted molar refractivity (Wildman–Crippen MR) is 90.5 cm³/mol. The number of carbonyl (C=O) groups is 1. The van der Waals surface area contributed by atoms with Gasteiger partial charge in [0.15, 0.2) is 6.04 Å². The van der Waals surface area contributed by atoms with Crippen LogP contribution in [0.3, 0.4) is 0 Å². The summed E-state index contributed by atoms with van der Waals surface area (Å²) in [6.07, 6.45) is 0.867. The molecule has 0 aliphatic rings. The van der Waals surface area contributed by atoms with Crippen molar-refractivity contribution in [3.63, 3.8) is 0 Å². The maximum absolute atomic E-state index is 12.8. The molecule has 0 heterocycles. The van der Waals surface area contributed by atoms with Gasteiger partial charge in [-0.25, -0.2) is 0 Å². The van der Waals surface area contributed by atoms with E-state index in [4.69, 9.17) is 0 Å². The first-order valence-corrected chi connectivity index (χ1v) is 8.18. The van der Waals surface area contributed by atoms with Gasteiger partial charge < -0.3 is 9.80 Å². The Morgan fingerprint density at radius 3 is 1.90 bits per heavy atom. The number of aryl methyl sites for hydroxylation is 2. The molecule has 0 saturated heterocycles. The summed E-state index contributed by atoms with van der Waals surface area (Å²) in [7, 11) is 0. The molecule has 1 amide bonds.